The number of imidazole rings is 1. The summed E-state index contributed by atoms with van der Waals surface area (Å²) >= 11 is 0. The molecule has 0 bridgehead atoms. The summed E-state index contributed by atoms with van der Waals surface area (Å²) < 4.78 is 3.70. The maximum Gasteiger partial charge on any atom is 0.242 e. The first-order valence-electron chi connectivity index (χ1n) is 8.13. The van der Waals surface area contributed by atoms with Crippen LogP contribution in [-0.2, 0) is 24.9 Å². The molecule has 2 heterocycles. The lowest BCUT2D eigenvalue weighted by Crippen LogP contribution is -2.35. The highest BCUT2D eigenvalue weighted by Gasteiger charge is 2.19. The van der Waals surface area contributed by atoms with Crippen LogP contribution in [0.3, 0.4) is 0 Å². The zero-order valence-corrected chi connectivity index (χ0v) is 14.4. The van der Waals surface area contributed by atoms with E-state index in [0.717, 1.165) is 17.7 Å². The Bertz CT molecular complexity index is 824. The number of nitrogens with one attached hydrogen (secondary N) is 2. The Morgan fingerprint density at radius 3 is 2.84 bits per heavy atom. The van der Waals surface area contributed by atoms with Gasteiger partial charge in [0.05, 0.1) is 12.5 Å². The number of amides is 1. The van der Waals surface area contributed by atoms with Gasteiger partial charge in [0.1, 0.15) is 6.04 Å². The number of likely N-dealkylation sites (N-methyl/N-ethyl adjacent to an activating group) is 1. The molecular formula is C18H22N6O. The highest BCUT2D eigenvalue weighted by Crippen LogP contribution is 2.12. The van der Waals surface area contributed by atoms with Crippen molar-refractivity contribution in [1.29, 1.82) is 0 Å². The Kier molecular flexibility index (Phi) is 5.25. The van der Waals surface area contributed by atoms with E-state index in [1.807, 2.05) is 36.1 Å². The number of benzene rings is 1. The van der Waals surface area contributed by atoms with E-state index in [1.54, 1.807) is 30.5 Å². The predicted octanol–water partition coefficient (Wildman–Crippen LogP) is 1.24. The Balaban J connectivity index is 1.61. The molecule has 0 spiro atoms. The number of carbonyl (C=O) groups excluding carboxylic acids is 1. The molecular weight excluding hydrogens is 316 g/mol. The van der Waals surface area contributed by atoms with Crippen molar-refractivity contribution in [3.63, 3.8) is 0 Å². The van der Waals surface area contributed by atoms with Crippen LogP contribution in [0.5, 0.6) is 0 Å². The van der Waals surface area contributed by atoms with E-state index in [1.165, 1.54) is 5.56 Å². The third-order valence-corrected chi connectivity index (χ3v) is 3.99. The Hall–Kier alpha value is -2.93. The maximum absolute atomic E-state index is 12.5. The van der Waals surface area contributed by atoms with Gasteiger partial charge >= 0.3 is 0 Å². The van der Waals surface area contributed by atoms with E-state index in [4.69, 9.17) is 0 Å². The van der Waals surface area contributed by atoms with E-state index in [0.29, 0.717) is 6.54 Å². The number of carbonyl (C=O) groups is 1. The smallest absolute Gasteiger partial charge is 0.242 e. The van der Waals surface area contributed by atoms with Crippen molar-refractivity contribution >= 4 is 5.91 Å². The van der Waals surface area contributed by atoms with Gasteiger partial charge in [0, 0.05) is 44.3 Å². The summed E-state index contributed by atoms with van der Waals surface area (Å²) in [6.07, 6.45) is 9.03. The fraction of sp³-hybridized carbons (Fsp3) is 0.278. The zero-order chi connectivity index (χ0) is 17.6. The van der Waals surface area contributed by atoms with Gasteiger partial charge in [0.2, 0.25) is 5.91 Å². The first-order valence-corrected chi connectivity index (χ1v) is 8.13. The van der Waals surface area contributed by atoms with Crippen LogP contribution in [0.2, 0.25) is 0 Å². The van der Waals surface area contributed by atoms with Gasteiger partial charge in [-0.05, 0) is 18.2 Å². The lowest BCUT2D eigenvalue weighted by molar-refractivity contribution is -0.123. The van der Waals surface area contributed by atoms with E-state index in [9.17, 15) is 4.79 Å². The second kappa shape index (κ2) is 7.76. The minimum atomic E-state index is -0.414. The highest BCUT2D eigenvalue weighted by molar-refractivity contribution is 5.83. The summed E-state index contributed by atoms with van der Waals surface area (Å²) in [6, 6.07) is 7.76. The van der Waals surface area contributed by atoms with Crippen molar-refractivity contribution in [2.45, 2.75) is 19.1 Å². The van der Waals surface area contributed by atoms with Crippen LogP contribution in [-0.4, -0.2) is 32.3 Å². The number of aryl methyl sites for hydroxylation is 1. The molecule has 25 heavy (non-hydrogen) atoms. The SMILES string of the molecule is CNC(C(=O)NCc1cccc(Cn2ccnc2)c1)c1cnn(C)c1. The molecule has 0 saturated carbocycles. The maximum atomic E-state index is 12.5. The van der Waals surface area contributed by atoms with Crippen molar-refractivity contribution < 1.29 is 4.79 Å². The van der Waals surface area contributed by atoms with Gasteiger partial charge in [0.25, 0.3) is 0 Å². The van der Waals surface area contributed by atoms with Crippen LogP contribution in [0.15, 0.2) is 55.4 Å². The average molecular weight is 338 g/mol. The lowest BCUT2D eigenvalue weighted by atomic mass is 10.1. The summed E-state index contributed by atoms with van der Waals surface area (Å²) in [5, 5.41) is 10.1. The van der Waals surface area contributed by atoms with Crippen LogP contribution >= 0.6 is 0 Å². The fourth-order valence-corrected chi connectivity index (χ4v) is 2.76. The third kappa shape index (κ3) is 4.33. The summed E-state index contributed by atoms with van der Waals surface area (Å²) in [5.41, 5.74) is 3.07. The normalized spacial score (nSPS) is 12.1. The molecule has 7 heteroatoms. The summed E-state index contributed by atoms with van der Waals surface area (Å²) in [4.78, 5) is 16.5. The minimum Gasteiger partial charge on any atom is -0.350 e. The second-order valence-corrected chi connectivity index (χ2v) is 5.94. The highest BCUT2D eigenvalue weighted by atomic mass is 16.2. The molecule has 2 N–H and O–H groups in total. The zero-order valence-electron chi connectivity index (χ0n) is 14.4. The van der Waals surface area contributed by atoms with E-state index >= 15 is 0 Å². The van der Waals surface area contributed by atoms with Crippen LogP contribution in [0, 0.1) is 0 Å². The number of nitrogens with zero attached hydrogens (tertiary/aromatic N) is 4. The lowest BCUT2D eigenvalue weighted by Gasteiger charge is -2.15. The number of aromatic nitrogens is 4. The Labute approximate surface area is 146 Å². The van der Waals surface area contributed by atoms with E-state index < -0.39 is 6.04 Å². The Morgan fingerprint density at radius 1 is 1.32 bits per heavy atom. The van der Waals surface area contributed by atoms with Gasteiger partial charge in [0.15, 0.2) is 0 Å². The molecule has 0 aliphatic carbocycles. The van der Waals surface area contributed by atoms with Crippen LogP contribution < -0.4 is 10.6 Å². The minimum absolute atomic E-state index is 0.0736. The average Bonchev–Trinajstić information content (AvgIpc) is 3.26. The molecule has 0 aliphatic rings. The van der Waals surface area contributed by atoms with Gasteiger partial charge in [-0.3, -0.25) is 9.48 Å². The fourth-order valence-electron chi connectivity index (χ4n) is 2.76. The van der Waals surface area contributed by atoms with Gasteiger partial charge in [-0.15, -0.1) is 0 Å². The number of rotatable bonds is 7. The molecule has 0 fully saturated rings. The molecule has 7 nitrogen and oxygen atoms in total. The van der Waals surface area contributed by atoms with E-state index in [2.05, 4.69) is 32.8 Å². The van der Waals surface area contributed by atoms with Crippen molar-refractivity contribution in [3.8, 4) is 0 Å². The standard InChI is InChI=1S/C18H22N6O/c1-19-17(16-10-22-23(2)12-16)18(25)21-9-14-4-3-5-15(8-14)11-24-7-6-20-13-24/h3-8,10,12-13,17,19H,9,11H2,1-2H3,(H,21,25). The Morgan fingerprint density at radius 2 is 2.16 bits per heavy atom. The van der Waals surface area contributed by atoms with Crippen LogP contribution in [0.1, 0.15) is 22.7 Å². The molecule has 1 unspecified atom stereocenters. The number of hydrogen-bond donors (Lipinski definition) is 2. The molecule has 1 atom stereocenters. The predicted molar refractivity (Wildman–Crippen MR) is 94.6 cm³/mol. The first kappa shape index (κ1) is 16.9. The molecule has 1 amide bonds. The first-order chi connectivity index (χ1) is 12.2. The quantitative estimate of drug-likeness (QED) is 0.680. The van der Waals surface area contributed by atoms with Gasteiger partial charge in [-0.2, -0.15) is 5.10 Å². The molecule has 3 rings (SSSR count). The third-order valence-electron chi connectivity index (χ3n) is 3.99. The second-order valence-electron chi connectivity index (χ2n) is 5.94. The van der Waals surface area contributed by atoms with Crippen LogP contribution in [0.25, 0.3) is 0 Å². The molecule has 0 aliphatic heterocycles. The van der Waals surface area contributed by atoms with Crippen LogP contribution in [0.4, 0.5) is 0 Å². The van der Waals surface area contributed by atoms with Crippen molar-refractivity contribution in [2.24, 2.45) is 7.05 Å². The van der Waals surface area contributed by atoms with E-state index in [-0.39, 0.29) is 5.91 Å². The molecule has 130 valence electrons. The summed E-state index contributed by atoms with van der Waals surface area (Å²) in [7, 11) is 3.60. The van der Waals surface area contributed by atoms with Gasteiger partial charge < -0.3 is 15.2 Å². The van der Waals surface area contributed by atoms with Crippen molar-refractivity contribution in [2.75, 3.05) is 7.05 Å². The molecule has 3 aromatic rings. The molecule has 0 saturated heterocycles. The summed E-state index contributed by atoms with van der Waals surface area (Å²) in [5.74, 6) is -0.0736. The topological polar surface area (TPSA) is 76.8 Å². The van der Waals surface area contributed by atoms with Gasteiger partial charge in [-0.25, -0.2) is 4.98 Å². The monoisotopic (exact) mass is 338 g/mol. The largest absolute Gasteiger partial charge is 0.350 e. The van der Waals surface area contributed by atoms with Gasteiger partial charge in [-0.1, -0.05) is 24.3 Å². The number of hydrogen-bond acceptors (Lipinski definition) is 4. The van der Waals surface area contributed by atoms with Crippen molar-refractivity contribution in [3.05, 3.63) is 72.1 Å². The molecule has 0 radical (unpaired) electrons. The summed E-state index contributed by atoms with van der Waals surface area (Å²) in [6.45, 7) is 1.24. The van der Waals surface area contributed by atoms with Crippen molar-refractivity contribution in [1.82, 2.24) is 30.0 Å². The molecule has 2 aromatic heterocycles. The molecule has 1 aromatic carbocycles.